The van der Waals surface area contributed by atoms with Gasteiger partial charge in [0, 0.05) is 31.6 Å². The molecule has 0 aliphatic carbocycles. The van der Waals surface area contributed by atoms with Crippen molar-refractivity contribution in [3.05, 3.63) is 125 Å². The Morgan fingerprint density at radius 3 is 2.40 bits per heavy atom. The van der Waals surface area contributed by atoms with Gasteiger partial charge in [0.25, 0.3) is 5.91 Å². The first-order valence-electron chi connectivity index (χ1n) is 14.0. The molecule has 2 heterocycles. The van der Waals surface area contributed by atoms with Crippen molar-refractivity contribution in [2.24, 2.45) is 4.99 Å². The summed E-state index contributed by atoms with van der Waals surface area (Å²) < 4.78 is 23.2. The minimum atomic E-state index is -1.27. The van der Waals surface area contributed by atoms with Gasteiger partial charge in [0.1, 0.15) is 5.75 Å². The lowest BCUT2D eigenvalue weighted by atomic mass is 9.82. The number of aliphatic hydroxyl groups excluding tert-OH is 1. The molecule has 4 aromatic carbocycles. The van der Waals surface area contributed by atoms with Gasteiger partial charge in [-0.3, -0.25) is 4.79 Å². The second-order valence-corrected chi connectivity index (χ2v) is 10.2. The van der Waals surface area contributed by atoms with Gasteiger partial charge in [-0.2, -0.15) is 0 Å². The predicted octanol–water partition coefficient (Wildman–Crippen LogP) is 4.99. The highest BCUT2D eigenvalue weighted by atomic mass is 16.7. The molecule has 0 radical (unpaired) electrons. The number of ether oxygens (including phenoxy) is 4. The van der Waals surface area contributed by atoms with Crippen molar-refractivity contribution in [3.63, 3.8) is 0 Å². The minimum Gasteiger partial charge on any atom is -0.494 e. The van der Waals surface area contributed by atoms with Crippen LogP contribution in [0.25, 0.3) is 0 Å². The number of carbonyl (C=O) groups is 1. The SMILES string of the molecule is O=C(NCc1ccc2c(c1)OCO2)[C@]1(Cc2ccccc2)N=C(c2ccc(OCCCO)cc2)O[C@@H]1c1ccccc1. The Kier molecular flexibility index (Phi) is 8.05. The molecule has 8 heteroatoms. The monoisotopic (exact) mass is 564 g/mol. The highest BCUT2D eigenvalue weighted by molar-refractivity contribution is 6.01. The van der Waals surface area contributed by atoms with Gasteiger partial charge >= 0.3 is 0 Å². The van der Waals surface area contributed by atoms with Crippen LogP contribution in [-0.4, -0.2) is 42.5 Å². The van der Waals surface area contributed by atoms with Crippen molar-refractivity contribution in [2.75, 3.05) is 20.0 Å². The standard InChI is InChI=1S/C34H32N2O6/c37-18-7-19-39-28-15-13-27(14-16-28)32-36-34(21-24-8-3-1-4-9-24,31(42-32)26-10-5-2-6-11-26)33(38)35-22-25-12-17-29-30(20-25)41-23-40-29/h1-6,8-17,20,31,37H,7,18-19,21-23H2,(H,35,38)/t31-,34-/m1/s1. The molecule has 4 aromatic rings. The molecule has 0 bridgehead atoms. The van der Waals surface area contributed by atoms with Crippen LogP contribution >= 0.6 is 0 Å². The number of nitrogens with one attached hydrogen (secondary N) is 1. The molecular formula is C34H32N2O6. The number of nitrogens with zero attached hydrogens (tertiary/aromatic N) is 1. The number of benzene rings is 4. The number of rotatable bonds is 11. The van der Waals surface area contributed by atoms with Crippen molar-refractivity contribution in [1.82, 2.24) is 5.32 Å². The second kappa shape index (κ2) is 12.4. The maximum Gasteiger partial charge on any atom is 0.252 e. The summed E-state index contributed by atoms with van der Waals surface area (Å²) in [5.41, 5.74) is 2.18. The summed E-state index contributed by atoms with van der Waals surface area (Å²) in [5, 5.41) is 12.2. The summed E-state index contributed by atoms with van der Waals surface area (Å²) in [5.74, 6) is 2.19. The molecule has 8 nitrogen and oxygen atoms in total. The third kappa shape index (κ3) is 5.80. The van der Waals surface area contributed by atoms with E-state index in [1.807, 2.05) is 103 Å². The van der Waals surface area contributed by atoms with E-state index < -0.39 is 11.6 Å². The van der Waals surface area contributed by atoms with E-state index in [-0.39, 0.29) is 25.9 Å². The molecule has 2 N–H and O–H groups in total. The first-order valence-corrected chi connectivity index (χ1v) is 14.0. The number of amides is 1. The van der Waals surface area contributed by atoms with Crippen molar-refractivity contribution in [2.45, 2.75) is 31.0 Å². The summed E-state index contributed by atoms with van der Waals surface area (Å²) in [6.07, 6.45) is 0.234. The van der Waals surface area contributed by atoms with Gasteiger partial charge in [0.15, 0.2) is 23.1 Å². The summed E-state index contributed by atoms with van der Waals surface area (Å²) in [6.45, 7) is 0.976. The highest BCUT2D eigenvalue weighted by Gasteiger charge is 2.53. The van der Waals surface area contributed by atoms with Crippen molar-refractivity contribution in [1.29, 1.82) is 0 Å². The van der Waals surface area contributed by atoms with Crippen LogP contribution in [0.4, 0.5) is 0 Å². The molecule has 6 rings (SSSR count). The zero-order valence-electron chi connectivity index (χ0n) is 23.1. The van der Waals surface area contributed by atoms with Crippen LogP contribution in [-0.2, 0) is 22.5 Å². The Balaban J connectivity index is 1.35. The molecule has 2 atom stereocenters. The van der Waals surface area contributed by atoms with E-state index in [9.17, 15) is 4.79 Å². The molecule has 0 saturated heterocycles. The molecule has 2 aliphatic rings. The Morgan fingerprint density at radius 2 is 1.64 bits per heavy atom. The lowest BCUT2D eigenvalue weighted by molar-refractivity contribution is -0.129. The van der Waals surface area contributed by atoms with Crippen LogP contribution in [0.5, 0.6) is 17.2 Å². The molecule has 2 aliphatic heterocycles. The Morgan fingerprint density at radius 1 is 0.905 bits per heavy atom. The van der Waals surface area contributed by atoms with E-state index >= 15 is 0 Å². The molecule has 1 amide bonds. The van der Waals surface area contributed by atoms with E-state index in [4.69, 9.17) is 29.0 Å². The number of hydrogen-bond donors (Lipinski definition) is 2. The zero-order chi connectivity index (χ0) is 28.8. The van der Waals surface area contributed by atoms with Crippen LogP contribution < -0.4 is 19.5 Å². The predicted molar refractivity (Wildman–Crippen MR) is 158 cm³/mol. The lowest BCUT2D eigenvalue weighted by Gasteiger charge is -2.31. The Labute approximate surface area is 244 Å². The Bertz CT molecular complexity index is 1540. The summed E-state index contributed by atoms with van der Waals surface area (Å²) >= 11 is 0. The van der Waals surface area contributed by atoms with Crippen LogP contribution in [0.3, 0.4) is 0 Å². The fraction of sp³-hybridized carbons (Fsp3) is 0.235. The quantitative estimate of drug-likeness (QED) is 0.249. The third-order valence-corrected chi connectivity index (χ3v) is 7.34. The molecule has 0 aromatic heterocycles. The normalized spacial score (nSPS) is 18.7. The Hall–Kier alpha value is -4.82. The van der Waals surface area contributed by atoms with Gasteiger partial charge in [-0.05, 0) is 53.1 Å². The number of carbonyl (C=O) groups excluding carboxylic acids is 1. The lowest BCUT2D eigenvalue weighted by Crippen LogP contribution is -2.49. The van der Waals surface area contributed by atoms with E-state index in [2.05, 4.69) is 5.32 Å². The van der Waals surface area contributed by atoms with Crippen LogP contribution in [0.1, 0.15) is 34.8 Å². The molecule has 42 heavy (non-hydrogen) atoms. The summed E-state index contributed by atoms with van der Waals surface area (Å²) in [4.78, 5) is 19.4. The average Bonchev–Trinajstić information content (AvgIpc) is 3.67. The third-order valence-electron chi connectivity index (χ3n) is 7.34. The van der Waals surface area contributed by atoms with Crippen molar-refractivity contribution in [3.8, 4) is 17.2 Å². The topological polar surface area (TPSA) is 98.6 Å². The van der Waals surface area contributed by atoms with Crippen molar-refractivity contribution < 1.29 is 28.8 Å². The van der Waals surface area contributed by atoms with Gasteiger partial charge in [-0.1, -0.05) is 66.7 Å². The first kappa shape index (κ1) is 27.4. The van der Waals surface area contributed by atoms with E-state index in [0.29, 0.717) is 42.6 Å². The molecule has 0 unspecified atom stereocenters. The highest BCUT2D eigenvalue weighted by Crippen LogP contribution is 2.42. The van der Waals surface area contributed by atoms with Crippen LogP contribution in [0, 0.1) is 0 Å². The number of fused-ring (bicyclic) bond motifs is 1. The molecule has 214 valence electrons. The minimum absolute atomic E-state index is 0.0732. The number of aliphatic imine (C=N–C) groups is 1. The van der Waals surface area contributed by atoms with Gasteiger partial charge in [-0.15, -0.1) is 0 Å². The van der Waals surface area contributed by atoms with E-state index in [1.54, 1.807) is 0 Å². The largest absolute Gasteiger partial charge is 0.494 e. The van der Waals surface area contributed by atoms with Crippen LogP contribution in [0.2, 0.25) is 0 Å². The second-order valence-electron chi connectivity index (χ2n) is 10.2. The molecule has 0 spiro atoms. The summed E-state index contributed by atoms with van der Waals surface area (Å²) in [7, 11) is 0. The molecule has 0 fully saturated rings. The maximum absolute atomic E-state index is 14.3. The van der Waals surface area contributed by atoms with Gasteiger partial charge in [0.05, 0.1) is 6.61 Å². The van der Waals surface area contributed by atoms with Gasteiger partial charge < -0.3 is 29.4 Å². The number of aliphatic hydroxyl groups is 1. The van der Waals surface area contributed by atoms with E-state index in [0.717, 1.165) is 22.3 Å². The maximum atomic E-state index is 14.3. The average molecular weight is 565 g/mol. The van der Waals surface area contributed by atoms with Crippen LogP contribution in [0.15, 0.2) is 108 Å². The fourth-order valence-electron chi connectivity index (χ4n) is 5.20. The van der Waals surface area contributed by atoms with Gasteiger partial charge in [-0.25, -0.2) is 4.99 Å². The molecule has 0 saturated carbocycles. The number of hydrogen-bond acceptors (Lipinski definition) is 7. The van der Waals surface area contributed by atoms with E-state index in [1.165, 1.54) is 0 Å². The van der Waals surface area contributed by atoms with Gasteiger partial charge in [0.2, 0.25) is 12.7 Å². The fourth-order valence-corrected chi connectivity index (χ4v) is 5.20. The van der Waals surface area contributed by atoms with Crippen molar-refractivity contribution >= 4 is 11.8 Å². The first-order chi connectivity index (χ1) is 20.6. The zero-order valence-corrected chi connectivity index (χ0v) is 23.1. The smallest absolute Gasteiger partial charge is 0.252 e. The summed E-state index contributed by atoms with van der Waals surface area (Å²) in [6, 6.07) is 32.7. The molecular weight excluding hydrogens is 532 g/mol.